The second kappa shape index (κ2) is 6.22. The average molecular weight is 346 g/mol. The highest BCUT2D eigenvalue weighted by atomic mass is 35.5. The van der Waals surface area contributed by atoms with Gasteiger partial charge in [0.1, 0.15) is 0 Å². The zero-order chi connectivity index (χ0) is 16.4. The highest BCUT2D eigenvalue weighted by Crippen LogP contribution is 2.30. The van der Waals surface area contributed by atoms with Gasteiger partial charge in [-0.3, -0.25) is 4.72 Å². The molecule has 23 heavy (non-hydrogen) atoms. The lowest BCUT2D eigenvalue weighted by atomic mass is 10.1. The van der Waals surface area contributed by atoms with E-state index in [9.17, 15) is 8.42 Å². The number of benzene rings is 3. The number of aryl methyl sites for hydroxylation is 1. The monoisotopic (exact) mass is 345 g/mol. The van der Waals surface area contributed by atoms with E-state index >= 15 is 0 Å². The lowest BCUT2D eigenvalue weighted by molar-refractivity contribution is 0.601. The van der Waals surface area contributed by atoms with Gasteiger partial charge in [0.2, 0.25) is 0 Å². The second-order valence-electron chi connectivity index (χ2n) is 5.37. The molecule has 1 N–H and O–H groups in total. The lowest BCUT2D eigenvalue weighted by Crippen LogP contribution is -2.14. The summed E-state index contributed by atoms with van der Waals surface area (Å²) in [6, 6.07) is 18.2. The molecule has 0 spiro atoms. The van der Waals surface area contributed by atoms with Crippen LogP contribution >= 0.6 is 11.6 Å². The molecule has 118 valence electrons. The van der Waals surface area contributed by atoms with Crippen LogP contribution in [0, 0.1) is 6.92 Å². The molecule has 0 atom stereocenters. The molecule has 3 rings (SSSR count). The fourth-order valence-electron chi connectivity index (χ4n) is 2.46. The lowest BCUT2D eigenvalue weighted by Gasteiger charge is -2.14. The summed E-state index contributed by atoms with van der Waals surface area (Å²) < 4.78 is 28.0. The van der Waals surface area contributed by atoms with Crippen LogP contribution in [0.3, 0.4) is 0 Å². The van der Waals surface area contributed by atoms with Crippen molar-refractivity contribution in [3.05, 3.63) is 71.8 Å². The Morgan fingerprint density at radius 3 is 2.35 bits per heavy atom. The predicted octanol–water partition coefficient (Wildman–Crippen LogP) is 4.69. The number of nitrogens with one attached hydrogen (secondary N) is 1. The Morgan fingerprint density at radius 2 is 1.65 bits per heavy atom. The molecule has 0 unspecified atom stereocenters. The van der Waals surface area contributed by atoms with Crippen LogP contribution in [0.4, 0.5) is 5.69 Å². The standard InChI is InChI=1S/C18H16ClNO2S/c1-13-6-10-16(11-7-13)23(21,22)20-18-15(12-19)9-8-14-4-2-3-5-17(14)18/h2-11,20H,12H2,1H3. The highest BCUT2D eigenvalue weighted by molar-refractivity contribution is 7.92. The smallest absolute Gasteiger partial charge is 0.261 e. The summed E-state index contributed by atoms with van der Waals surface area (Å²) in [5, 5.41) is 1.80. The molecule has 0 aliphatic carbocycles. The van der Waals surface area contributed by atoms with E-state index in [1.54, 1.807) is 24.3 Å². The van der Waals surface area contributed by atoms with Gasteiger partial charge in [0.15, 0.2) is 0 Å². The molecular weight excluding hydrogens is 330 g/mol. The van der Waals surface area contributed by atoms with Crippen LogP contribution in [-0.2, 0) is 15.9 Å². The van der Waals surface area contributed by atoms with E-state index < -0.39 is 10.0 Å². The van der Waals surface area contributed by atoms with Crippen LogP contribution in [0.25, 0.3) is 10.8 Å². The maximum atomic E-state index is 12.7. The molecule has 0 heterocycles. The van der Waals surface area contributed by atoms with E-state index in [0.717, 1.165) is 21.9 Å². The molecule has 0 amide bonds. The zero-order valence-corrected chi connectivity index (χ0v) is 14.2. The van der Waals surface area contributed by atoms with Crippen LogP contribution in [0.5, 0.6) is 0 Å². The fraction of sp³-hybridized carbons (Fsp3) is 0.111. The summed E-state index contributed by atoms with van der Waals surface area (Å²) in [4.78, 5) is 0.233. The van der Waals surface area contributed by atoms with E-state index in [2.05, 4.69) is 4.72 Å². The third-order valence-corrected chi connectivity index (χ3v) is 5.38. The third-order valence-electron chi connectivity index (χ3n) is 3.73. The number of rotatable bonds is 4. The highest BCUT2D eigenvalue weighted by Gasteiger charge is 2.17. The molecule has 0 aliphatic rings. The third kappa shape index (κ3) is 3.19. The van der Waals surface area contributed by atoms with Gasteiger partial charge in [-0.05, 0) is 30.0 Å². The van der Waals surface area contributed by atoms with Crippen LogP contribution < -0.4 is 4.72 Å². The first-order valence-electron chi connectivity index (χ1n) is 7.17. The van der Waals surface area contributed by atoms with Crippen molar-refractivity contribution in [1.29, 1.82) is 0 Å². The fourth-order valence-corrected chi connectivity index (χ4v) is 3.80. The van der Waals surface area contributed by atoms with E-state index in [4.69, 9.17) is 11.6 Å². The zero-order valence-electron chi connectivity index (χ0n) is 12.6. The molecule has 0 aliphatic heterocycles. The Labute approximate surface area is 141 Å². The van der Waals surface area contributed by atoms with Crippen molar-refractivity contribution in [3.63, 3.8) is 0 Å². The number of anilines is 1. The van der Waals surface area contributed by atoms with Gasteiger partial charge < -0.3 is 0 Å². The Kier molecular flexibility index (Phi) is 4.28. The largest absolute Gasteiger partial charge is 0.279 e. The maximum absolute atomic E-state index is 12.7. The molecule has 0 saturated heterocycles. The van der Waals surface area contributed by atoms with Crippen molar-refractivity contribution in [3.8, 4) is 0 Å². The summed E-state index contributed by atoms with van der Waals surface area (Å²) >= 11 is 5.99. The van der Waals surface area contributed by atoms with Crippen LogP contribution in [0.1, 0.15) is 11.1 Å². The topological polar surface area (TPSA) is 46.2 Å². The van der Waals surface area contributed by atoms with E-state index in [0.29, 0.717) is 5.69 Å². The first-order valence-corrected chi connectivity index (χ1v) is 9.19. The molecule has 0 radical (unpaired) electrons. The summed E-state index contributed by atoms with van der Waals surface area (Å²) in [7, 11) is -3.66. The average Bonchev–Trinajstić information content (AvgIpc) is 2.55. The Balaban J connectivity index is 2.11. The summed E-state index contributed by atoms with van der Waals surface area (Å²) in [6.07, 6.45) is 0. The van der Waals surface area contributed by atoms with Crippen LogP contribution in [0.15, 0.2) is 65.6 Å². The van der Waals surface area contributed by atoms with Gasteiger partial charge in [-0.1, -0.05) is 54.1 Å². The summed E-state index contributed by atoms with van der Waals surface area (Å²) in [5.41, 5.74) is 2.30. The second-order valence-corrected chi connectivity index (χ2v) is 7.32. The van der Waals surface area contributed by atoms with Crippen molar-refractivity contribution < 1.29 is 8.42 Å². The SMILES string of the molecule is Cc1ccc(S(=O)(=O)Nc2c(CCl)ccc3ccccc23)cc1. The van der Waals surface area contributed by atoms with Gasteiger partial charge in [-0.15, -0.1) is 11.6 Å². The van der Waals surface area contributed by atoms with Gasteiger partial charge in [0.25, 0.3) is 10.0 Å². The maximum Gasteiger partial charge on any atom is 0.261 e. The number of hydrogen-bond acceptors (Lipinski definition) is 2. The van der Waals surface area contributed by atoms with Crippen LogP contribution in [0.2, 0.25) is 0 Å². The van der Waals surface area contributed by atoms with Crippen LogP contribution in [-0.4, -0.2) is 8.42 Å². The Bertz CT molecular complexity index is 950. The van der Waals surface area contributed by atoms with E-state index in [-0.39, 0.29) is 10.8 Å². The number of alkyl halides is 1. The molecular formula is C18H16ClNO2S. The minimum atomic E-state index is -3.66. The number of halogens is 1. The molecule has 3 aromatic carbocycles. The number of fused-ring (bicyclic) bond motifs is 1. The normalized spacial score (nSPS) is 11.6. The van der Waals surface area contributed by atoms with Crippen molar-refractivity contribution in [2.24, 2.45) is 0 Å². The van der Waals surface area contributed by atoms with Crippen molar-refractivity contribution in [2.45, 2.75) is 17.7 Å². The van der Waals surface area contributed by atoms with Gasteiger partial charge >= 0.3 is 0 Å². The van der Waals surface area contributed by atoms with Gasteiger partial charge in [0.05, 0.1) is 10.6 Å². The first kappa shape index (κ1) is 15.8. The molecule has 0 aromatic heterocycles. The molecule has 0 bridgehead atoms. The van der Waals surface area contributed by atoms with Crippen molar-refractivity contribution in [1.82, 2.24) is 0 Å². The van der Waals surface area contributed by atoms with Gasteiger partial charge in [0, 0.05) is 11.3 Å². The molecule has 3 nitrogen and oxygen atoms in total. The first-order chi connectivity index (χ1) is 11.0. The van der Waals surface area contributed by atoms with Gasteiger partial charge in [-0.2, -0.15) is 0 Å². The quantitative estimate of drug-likeness (QED) is 0.697. The predicted molar refractivity (Wildman–Crippen MR) is 95.5 cm³/mol. The molecule has 0 fully saturated rings. The van der Waals surface area contributed by atoms with Crippen molar-refractivity contribution >= 4 is 38.1 Å². The van der Waals surface area contributed by atoms with E-state index in [1.807, 2.05) is 43.3 Å². The Hall–Kier alpha value is -2.04. The van der Waals surface area contributed by atoms with Crippen molar-refractivity contribution in [2.75, 3.05) is 4.72 Å². The number of hydrogen-bond donors (Lipinski definition) is 1. The molecule has 3 aromatic rings. The number of sulfonamides is 1. The minimum Gasteiger partial charge on any atom is -0.279 e. The van der Waals surface area contributed by atoms with E-state index in [1.165, 1.54) is 0 Å². The summed E-state index contributed by atoms with van der Waals surface area (Å²) in [6.45, 7) is 1.92. The Morgan fingerprint density at radius 1 is 0.957 bits per heavy atom. The molecule has 0 saturated carbocycles. The summed E-state index contributed by atoms with van der Waals surface area (Å²) in [5.74, 6) is 0.233. The minimum absolute atomic E-state index is 0.233. The molecule has 5 heteroatoms. The van der Waals surface area contributed by atoms with Gasteiger partial charge in [-0.25, -0.2) is 8.42 Å².